The van der Waals surface area contributed by atoms with Crippen LogP contribution >= 0.6 is 15.9 Å². The largest absolute Gasteiger partial charge is 0.480 e. The molecule has 2 amide bonds. The highest BCUT2D eigenvalue weighted by Crippen LogP contribution is 2.29. The molecule has 1 unspecified atom stereocenters. The number of carboxylic acid groups (broad SMARTS) is 1. The third-order valence-electron chi connectivity index (χ3n) is 2.99. The fourth-order valence-electron chi connectivity index (χ4n) is 2.09. The number of rotatable bonds is 2. The number of amides is 2. The van der Waals surface area contributed by atoms with E-state index in [1.807, 2.05) is 13.0 Å². The average molecular weight is 313 g/mol. The van der Waals surface area contributed by atoms with E-state index in [4.69, 9.17) is 0 Å². The smallest absolute Gasteiger partial charge is 0.328 e. The lowest BCUT2D eigenvalue weighted by Gasteiger charge is -2.22. The first-order valence-corrected chi connectivity index (χ1v) is 6.24. The molecule has 0 aromatic heterocycles. The molecule has 1 saturated heterocycles. The number of hydrogen-bond acceptors (Lipinski definition) is 2. The van der Waals surface area contributed by atoms with Crippen molar-refractivity contribution in [3.63, 3.8) is 0 Å². The fraction of sp³-hybridized carbons (Fsp3) is 0.333. The number of nitrogens with zero attached hydrogens (tertiary/aromatic N) is 2. The maximum absolute atomic E-state index is 12.0. The summed E-state index contributed by atoms with van der Waals surface area (Å²) in [5.74, 6) is -0.991. The van der Waals surface area contributed by atoms with Crippen LogP contribution in [0.15, 0.2) is 22.7 Å². The number of halogens is 1. The number of hydrogen-bond donors (Lipinski definition) is 1. The summed E-state index contributed by atoms with van der Waals surface area (Å²) in [6.07, 6.45) is 0. The second-order valence-corrected chi connectivity index (χ2v) is 5.23. The van der Waals surface area contributed by atoms with Crippen LogP contribution < -0.4 is 4.90 Å². The van der Waals surface area contributed by atoms with Gasteiger partial charge in [-0.3, -0.25) is 4.90 Å². The first kappa shape index (κ1) is 12.9. The summed E-state index contributed by atoms with van der Waals surface area (Å²) in [5, 5.41) is 9.20. The van der Waals surface area contributed by atoms with Gasteiger partial charge in [0.05, 0.1) is 6.54 Å². The van der Waals surface area contributed by atoms with Crippen LogP contribution in [0.25, 0.3) is 0 Å². The van der Waals surface area contributed by atoms with E-state index in [9.17, 15) is 14.7 Å². The van der Waals surface area contributed by atoms with Gasteiger partial charge >= 0.3 is 12.0 Å². The number of aliphatic carboxylic acids is 1. The van der Waals surface area contributed by atoms with Crippen molar-refractivity contribution < 1.29 is 14.7 Å². The van der Waals surface area contributed by atoms with Crippen LogP contribution in [-0.2, 0) is 4.79 Å². The number of carboxylic acids is 1. The summed E-state index contributed by atoms with van der Waals surface area (Å²) in [5.41, 5.74) is 1.50. The van der Waals surface area contributed by atoms with Crippen molar-refractivity contribution >= 4 is 33.6 Å². The van der Waals surface area contributed by atoms with Crippen LogP contribution in [0.3, 0.4) is 0 Å². The molecule has 1 aromatic carbocycles. The average Bonchev–Trinajstić information content (AvgIpc) is 2.57. The van der Waals surface area contributed by atoms with Crippen molar-refractivity contribution in [3.05, 3.63) is 28.2 Å². The topological polar surface area (TPSA) is 60.9 Å². The summed E-state index contributed by atoms with van der Waals surface area (Å²) in [6.45, 7) is 2.05. The molecule has 6 heteroatoms. The van der Waals surface area contributed by atoms with Gasteiger partial charge in [-0.1, -0.05) is 15.9 Å². The molecular formula is C12H13BrN2O3. The van der Waals surface area contributed by atoms with Crippen LogP contribution in [0.1, 0.15) is 5.56 Å². The number of aryl methyl sites for hydroxylation is 1. The SMILES string of the molecule is Cc1cc(Br)ccc1N1C(=O)N(C)CC1C(=O)O. The van der Waals surface area contributed by atoms with Crippen LogP contribution in [0.2, 0.25) is 0 Å². The van der Waals surface area contributed by atoms with Crippen molar-refractivity contribution in [3.8, 4) is 0 Å². The molecule has 1 fully saturated rings. The number of benzene rings is 1. The molecule has 0 spiro atoms. The molecular weight excluding hydrogens is 300 g/mol. The summed E-state index contributed by atoms with van der Waals surface area (Å²) in [6, 6.07) is 4.30. The Bertz CT molecular complexity index is 518. The molecule has 0 saturated carbocycles. The fourth-order valence-corrected chi connectivity index (χ4v) is 2.56. The monoisotopic (exact) mass is 312 g/mol. The minimum atomic E-state index is -0.991. The van der Waals surface area contributed by atoms with Crippen molar-refractivity contribution in [2.45, 2.75) is 13.0 Å². The van der Waals surface area contributed by atoms with Crippen molar-refractivity contribution in [2.75, 3.05) is 18.5 Å². The van der Waals surface area contributed by atoms with Crippen LogP contribution in [0.4, 0.5) is 10.5 Å². The molecule has 1 atom stereocenters. The second kappa shape index (κ2) is 4.61. The Morgan fingerprint density at radius 2 is 2.17 bits per heavy atom. The molecule has 1 N–H and O–H groups in total. The zero-order valence-corrected chi connectivity index (χ0v) is 11.6. The minimum absolute atomic E-state index is 0.198. The van der Waals surface area contributed by atoms with E-state index in [2.05, 4.69) is 15.9 Å². The van der Waals surface area contributed by atoms with E-state index >= 15 is 0 Å². The molecule has 96 valence electrons. The minimum Gasteiger partial charge on any atom is -0.480 e. The van der Waals surface area contributed by atoms with Gasteiger partial charge in [0, 0.05) is 17.2 Å². The molecule has 0 bridgehead atoms. The highest BCUT2D eigenvalue weighted by molar-refractivity contribution is 9.10. The van der Waals surface area contributed by atoms with Gasteiger partial charge < -0.3 is 10.0 Å². The molecule has 1 aromatic rings. The Labute approximate surface area is 113 Å². The van der Waals surface area contributed by atoms with Gasteiger partial charge in [-0.2, -0.15) is 0 Å². The maximum atomic E-state index is 12.0. The highest BCUT2D eigenvalue weighted by atomic mass is 79.9. The van der Waals surface area contributed by atoms with Crippen molar-refractivity contribution in [1.29, 1.82) is 0 Å². The molecule has 1 heterocycles. The van der Waals surface area contributed by atoms with Gasteiger partial charge in [-0.05, 0) is 30.7 Å². The zero-order chi connectivity index (χ0) is 13.4. The molecule has 1 aliphatic rings. The van der Waals surface area contributed by atoms with Crippen LogP contribution in [0.5, 0.6) is 0 Å². The Kier molecular flexibility index (Phi) is 3.30. The van der Waals surface area contributed by atoms with Crippen molar-refractivity contribution in [1.82, 2.24) is 4.90 Å². The Morgan fingerprint density at radius 1 is 1.50 bits per heavy atom. The van der Waals surface area contributed by atoms with E-state index in [1.54, 1.807) is 19.2 Å². The lowest BCUT2D eigenvalue weighted by atomic mass is 10.1. The molecule has 18 heavy (non-hydrogen) atoms. The predicted octanol–water partition coefficient (Wildman–Crippen LogP) is 2.08. The molecule has 5 nitrogen and oxygen atoms in total. The summed E-state index contributed by atoms with van der Waals surface area (Å²) >= 11 is 3.35. The Morgan fingerprint density at radius 3 is 2.72 bits per heavy atom. The van der Waals surface area contributed by atoms with Gasteiger partial charge in [-0.25, -0.2) is 9.59 Å². The lowest BCUT2D eigenvalue weighted by Crippen LogP contribution is -2.40. The molecule has 0 radical (unpaired) electrons. The third kappa shape index (κ3) is 2.08. The van der Waals surface area contributed by atoms with E-state index in [1.165, 1.54) is 9.80 Å². The van der Waals surface area contributed by atoms with Crippen molar-refractivity contribution in [2.24, 2.45) is 0 Å². The summed E-state index contributed by atoms with van der Waals surface area (Å²) < 4.78 is 0.899. The zero-order valence-electron chi connectivity index (χ0n) is 10.1. The first-order valence-electron chi connectivity index (χ1n) is 5.45. The number of likely N-dealkylation sites (N-methyl/N-ethyl adjacent to an activating group) is 1. The number of anilines is 1. The number of carbonyl (C=O) groups is 2. The standard InChI is InChI=1S/C12H13BrN2O3/c1-7-5-8(13)3-4-9(7)15-10(11(16)17)6-14(2)12(15)18/h3-5,10H,6H2,1-2H3,(H,16,17). The van der Waals surface area contributed by atoms with E-state index in [-0.39, 0.29) is 12.6 Å². The number of urea groups is 1. The van der Waals surface area contributed by atoms with Gasteiger partial charge in [-0.15, -0.1) is 0 Å². The summed E-state index contributed by atoms with van der Waals surface area (Å²) in [7, 11) is 1.60. The quantitative estimate of drug-likeness (QED) is 0.909. The van der Waals surface area contributed by atoms with Gasteiger partial charge in [0.1, 0.15) is 0 Å². The first-order chi connectivity index (χ1) is 8.41. The second-order valence-electron chi connectivity index (χ2n) is 4.32. The normalized spacial score (nSPS) is 19.5. The predicted molar refractivity (Wildman–Crippen MR) is 70.8 cm³/mol. The molecule has 2 rings (SSSR count). The van der Waals surface area contributed by atoms with Gasteiger partial charge in [0.15, 0.2) is 6.04 Å². The molecule has 0 aliphatic carbocycles. The van der Waals surface area contributed by atoms with Gasteiger partial charge in [0.25, 0.3) is 0 Å². The van der Waals surface area contributed by atoms with Crippen LogP contribution in [-0.4, -0.2) is 41.6 Å². The van der Waals surface area contributed by atoms with E-state index in [0.717, 1.165) is 10.0 Å². The summed E-state index contributed by atoms with van der Waals surface area (Å²) in [4.78, 5) is 26.0. The van der Waals surface area contributed by atoms with E-state index < -0.39 is 12.0 Å². The Balaban J connectivity index is 2.46. The third-order valence-corrected chi connectivity index (χ3v) is 3.49. The van der Waals surface area contributed by atoms with Crippen LogP contribution in [0, 0.1) is 6.92 Å². The maximum Gasteiger partial charge on any atom is 0.328 e. The number of carbonyl (C=O) groups excluding carboxylic acids is 1. The van der Waals surface area contributed by atoms with E-state index in [0.29, 0.717) is 5.69 Å². The Hall–Kier alpha value is -1.56. The lowest BCUT2D eigenvalue weighted by molar-refractivity contribution is -0.138. The molecule has 1 aliphatic heterocycles. The van der Waals surface area contributed by atoms with Gasteiger partial charge in [0.2, 0.25) is 0 Å². The highest BCUT2D eigenvalue weighted by Gasteiger charge is 2.41.